The van der Waals surface area contributed by atoms with Crippen LogP contribution in [0.25, 0.3) is 0 Å². The molecule has 0 aliphatic carbocycles. The Morgan fingerprint density at radius 2 is 1.35 bits per heavy atom. The highest BCUT2D eigenvalue weighted by atomic mass is 28.3. The number of hydrogen-bond acceptors (Lipinski definition) is 0. The van der Waals surface area contributed by atoms with Crippen LogP contribution in [-0.2, 0) is 0 Å². The van der Waals surface area contributed by atoms with Crippen molar-refractivity contribution in [1.82, 2.24) is 0 Å². The minimum absolute atomic E-state index is 0.817. The molecule has 0 aliphatic rings. The molecule has 114 valence electrons. The summed E-state index contributed by atoms with van der Waals surface area (Å²) < 4.78 is 0. The molecule has 20 heavy (non-hydrogen) atoms. The molecule has 0 nitrogen and oxygen atoms in total. The normalized spacial score (nSPS) is 12.7. The van der Waals surface area contributed by atoms with Crippen LogP contribution in [0.5, 0.6) is 0 Å². The van der Waals surface area contributed by atoms with Gasteiger partial charge in [-0.05, 0) is 23.9 Å². The maximum atomic E-state index is 2.46. The standard InChI is InChI=1S/C19H34Si/c1-15(2)9-8-14-20(16(3)4,17(5)6)19-12-10-18(7)11-13-19/h10-13,15-17H,8-9,14H2,1-7H3. The SMILES string of the molecule is Cc1ccc([Si](CCCC(C)C)(C(C)C)C(C)C)cc1. The first-order chi connectivity index (χ1) is 9.30. The third-order valence-electron chi connectivity index (χ3n) is 5.02. The van der Waals surface area contributed by atoms with E-state index in [1.165, 1.54) is 24.4 Å². The van der Waals surface area contributed by atoms with Gasteiger partial charge in [-0.2, -0.15) is 0 Å². The monoisotopic (exact) mass is 290 g/mol. The zero-order valence-electron chi connectivity index (χ0n) is 14.7. The van der Waals surface area contributed by atoms with Crippen LogP contribution in [0.1, 0.15) is 59.9 Å². The molecule has 0 unspecified atom stereocenters. The molecular formula is C19H34Si. The van der Waals surface area contributed by atoms with Crippen LogP contribution in [0.3, 0.4) is 0 Å². The third-order valence-corrected chi connectivity index (χ3v) is 11.7. The highest BCUT2D eigenvalue weighted by molar-refractivity contribution is 6.94. The minimum Gasteiger partial charge on any atom is -0.0648 e. The topological polar surface area (TPSA) is 0 Å². The van der Waals surface area contributed by atoms with E-state index < -0.39 is 8.07 Å². The average molecular weight is 291 g/mol. The molecule has 0 radical (unpaired) electrons. The Kier molecular flexibility index (Phi) is 6.51. The van der Waals surface area contributed by atoms with E-state index in [0.29, 0.717) is 0 Å². The van der Waals surface area contributed by atoms with Crippen molar-refractivity contribution < 1.29 is 0 Å². The predicted molar refractivity (Wildman–Crippen MR) is 95.6 cm³/mol. The van der Waals surface area contributed by atoms with E-state index in [4.69, 9.17) is 0 Å². The summed E-state index contributed by atoms with van der Waals surface area (Å²) in [7, 11) is -1.42. The Morgan fingerprint density at radius 1 is 0.850 bits per heavy atom. The summed E-state index contributed by atoms with van der Waals surface area (Å²) >= 11 is 0. The van der Waals surface area contributed by atoms with Crippen molar-refractivity contribution in [3.63, 3.8) is 0 Å². The average Bonchev–Trinajstić information content (AvgIpc) is 2.35. The van der Waals surface area contributed by atoms with Crippen molar-refractivity contribution in [2.75, 3.05) is 0 Å². The molecule has 0 fully saturated rings. The summed E-state index contributed by atoms with van der Waals surface area (Å²) in [6.07, 6.45) is 2.77. The van der Waals surface area contributed by atoms with E-state index in [2.05, 4.69) is 72.7 Å². The van der Waals surface area contributed by atoms with Gasteiger partial charge in [0.2, 0.25) is 0 Å². The van der Waals surface area contributed by atoms with Crippen LogP contribution in [-0.4, -0.2) is 8.07 Å². The lowest BCUT2D eigenvalue weighted by Crippen LogP contribution is -2.53. The summed E-state index contributed by atoms with van der Waals surface area (Å²) in [5, 5.41) is 1.68. The first-order valence-corrected chi connectivity index (χ1v) is 10.7. The highest BCUT2D eigenvalue weighted by Gasteiger charge is 2.40. The molecule has 1 heteroatoms. The molecule has 0 saturated heterocycles. The quantitative estimate of drug-likeness (QED) is 0.548. The van der Waals surface area contributed by atoms with Gasteiger partial charge < -0.3 is 0 Å². The molecule has 0 heterocycles. The third kappa shape index (κ3) is 3.97. The molecule has 0 atom stereocenters. The van der Waals surface area contributed by atoms with Gasteiger partial charge in [-0.1, -0.05) is 95.4 Å². The Labute approximate surface area is 128 Å². The van der Waals surface area contributed by atoms with E-state index in [0.717, 1.165) is 17.0 Å². The van der Waals surface area contributed by atoms with E-state index >= 15 is 0 Å². The van der Waals surface area contributed by atoms with Gasteiger partial charge in [0.1, 0.15) is 0 Å². The van der Waals surface area contributed by atoms with Crippen LogP contribution < -0.4 is 5.19 Å². The first-order valence-electron chi connectivity index (χ1n) is 8.37. The van der Waals surface area contributed by atoms with Gasteiger partial charge in [0.05, 0.1) is 8.07 Å². The molecule has 0 bridgehead atoms. The van der Waals surface area contributed by atoms with Crippen LogP contribution in [0.4, 0.5) is 0 Å². The van der Waals surface area contributed by atoms with Crippen LogP contribution in [0.2, 0.25) is 17.1 Å². The van der Waals surface area contributed by atoms with Crippen LogP contribution >= 0.6 is 0 Å². The van der Waals surface area contributed by atoms with Crippen molar-refractivity contribution in [3.05, 3.63) is 29.8 Å². The molecule has 0 N–H and O–H groups in total. The summed E-state index contributed by atoms with van der Waals surface area (Å²) in [6.45, 7) is 16.7. The molecule has 1 rings (SSSR count). The molecular weight excluding hydrogens is 256 g/mol. The Balaban J connectivity index is 3.08. The van der Waals surface area contributed by atoms with Crippen molar-refractivity contribution in [1.29, 1.82) is 0 Å². The zero-order valence-corrected chi connectivity index (χ0v) is 15.7. The number of aryl methyl sites for hydroxylation is 1. The van der Waals surface area contributed by atoms with Gasteiger partial charge >= 0.3 is 0 Å². The second kappa shape index (κ2) is 7.45. The number of rotatable bonds is 7. The predicted octanol–water partition coefficient (Wildman–Crippen LogP) is 5.91. The largest absolute Gasteiger partial charge is 0.0917 e. The Hall–Kier alpha value is -0.563. The fourth-order valence-electron chi connectivity index (χ4n) is 3.72. The summed E-state index contributed by atoms with van der Waals surface area (Å²) in [6, 6.07) is 10.9. The van der Waals surface area contributed by atoms with Gasteiger partial charge in [-0.15, -0.1) is 0 Å². The second-order valence-electron chi connectivity index (χ2n) is 7.50. The van der Waals surface area contributed by atoms with Crippen LogP contribution in [0.15, 0.2) is 24.3 Å². The van der Waals surface area contributed by atoms with E-state index in [-0.39, 0.29) is 0 Å². The molecule has 1 aromatic carbocycles. The second-order valence-corrected chi connectivity index (χ2v) is 13.0. The zero-order chi connectivity index (χ0) is 15.3. The lowest BCUT2D eigenvalue weighted by atomic mass is 10.1. The molecule has 0 saturated carbocycles. The number of hydrogen-bond donors (Lipinski definition) is 0. The van der Waals surface area contributed by atoms with E-state index in [9.17, 15) is 0 Å². The van der Waals surface area contributed by atoms with Gasteiger partial charge in [0, 0.05) is 0 Å². The van der Waals surface area contributed by atoms with Crippen molar-refractivity contribution in [2.24, 2.45) is 5.92 Å². The molecule has 0 amide bonds. The summed E-state index contributed by atoms with van der Waals surface area (Å²) in [4.78, 5) is 0. The van der Waals surface area contributed by atoms with Gasteiger partial charge in [-0.3, -0.25) is 0 Å². The van der Waals surface area contributed by atoms with Gasteiger partial charge in [0.25, 0.3) is 0 Å². The van der Waals surface area contributed by atoms with Crippen molar-refractivity contribution in [2.45, 2.75) is 78.4 Å². The molecule has 1 aromatic rings. The highest BCUT2D eigenvalue weighted by Crippen LogP contribution is 2.37. The Bertz CT molecular complexity index is 379. The lowest BCUT2D eigenvalue weighted by molar-refractivity contribution is 0.571. The maximum Gasteiger partial charge on any atom is 0.0917 e. The molecule has 0 spiro atoms. The number of benzene rings is 1. The molecule has 0 aromatic heterocycles. The van der Waals surface area contributed by atoms with Crippen molar-refractivity contribution in [3.8, 4) is 0 Å². The van der Waals surface area contributed by atoms with Crippen molar-refractivity contribution >= 4 is 13.3 Å². The summed E-state index contributed by atoms with van der Waals surface area (Å²) in [5.74, 6) is 0.832. The molecule has 0 aliphatic heterocycles. The van der Waals surface area contributed by atoms with E-state index in [1.807, 2.05) is 0 Å². The van der Waals surface area contributed by atoms with E-state index in [1.54, 1.807) is 5.19 Å². The lowest BCUT2D eigenvalue weighted by Gasteiger charge is -2.40. The van der Waals surface area contributed by atoms with Crippen LogP contribution in [0, 0.1) is 12.8 Å². The summed E-state index contributed by atoms with van der Waals surface area (Å²) in [5.41, 5.74) is 3.01. The van der Waals surface area contributed by atoms with Gasteiger partial charge in [-0.25, -0.2) is 0 Å². The minimum atomic E-state index is -1.42. The fourth-order valence-corrected chi connectivity index (χ4v) is 9.41. The maximum absolute atomic E-state index is 2.46. The first kappa shape index (κ1) is 17.5. The van der Waals surface area contributed by atoms with Gasteiger partial charge in [0.15, 0.2) is 0 Å². The smallest absolute Gasteiger partial charge is 0.0648 e. The Morgan fingerprint density at radius 3 is 1.75 bits per heavy atom. The fraction of sp³-hybridized carbons (Fsp3) is 0.684.